The van der Waals surface area contributed by atoms with Gasteiger partial charge < -0.3 is 5.32 Å². The monoisotopic (exact) mass is 270 g/mol. The molecule has 2 rings (SSSR count). The van der Waals surface area contributed by atoms with Crippen LogP contribution in [-0.2, 0) is 16.6 Å². The average Bonchev–Trinajstić information content (AvgIpc) is 2.38. The Labute approximate surface area is 107 Å². The fourth-order valence-corrected chi connectivity index (χ4v) is 3.44. The molecule has 0 radical (unpaired) electrons. The van der Waals surface area contributed by atoms with E-state index in [4.69, 9.17) is 0 Å². The third kappa shape index (κ3) is 4.32. The van der Waals surface area contributed by atoms with Crippen LogP contribution in [0, 0.1) is 5.92 Å². The highest BCUT2D eigenvalue weighted by Gasteiger charge is 2.20. The van der Waals surface area contributed by atoms with Crippen molar-refractivity contribution in [1.82, 2.24) is 20.2 Å². The van der Waals surface area contributed by atoms with Crippen molar-refractivity contribution in [3.05, 3.63) is 24.0 Å². The molecule has 1 aromatic heterocycles. The van der Waals surface area contributed by atoms with E-state index in [2.05, 4.69) is 20.2 Å². The van der Waals surface area contributed by atoms with E-state index >= 15 is 0 Å². The second-order valence-electron chi connectivity index (χ2n) is 4.53. The minimum Gasteiger partial charge on any atom is -0.316 e. The average molecular weight is 270 g/mol. The first kappa shape index (κ1) is 13.4. The van der Waals surface area contributed by atoms with Gasteiger partial charge in [-0.15, -0.1) is 0 Å². The first-order valence-corrected chi connectivity index (χ1v) is 7.75. The Morgan fingerprint density at radius 1 is 1.50 bits per heavy atom. The lowest BCUT2D eigenvalue weighted by atomic mass is 10.0. The third-order valence-corrected chi connectivity index (χ3v) is 4.45. The summed E-state index contributed by atoms with van der Waals surface area (Å²) in [4.78, 5) is 0. The molecular formula is C11H18N4O2S. The number of nitrogens with zero attached hydrogens (tertiary/aromatic N) is 2. The number of hydrogen-bond acceptors (Lipinski definition) is 5. The first-order valence-electron chi connectivity index (χ1n) is 6.10. The van der Waals surface area contributed by atoms with Gasteiger partial charge in [0, 0.05) is 6.20 Å². The van der Waals surface area contributed by atoms with Crippen LogP contribution in [0.15, 0.2) is 18.3 Å². The molecule has 0 aromatic carbocycles. The van der Waals surface area contributed by atoms with Gasteiger partial charge in [0.25, 0.3) is 0 Å². The second kappa shape index (κ2) is 6.21. The van der Waals surface area contributed by atoms with Crippen molar-refractivity contribution in [3.63, 3.8) is 0 Å². The molecule has 1 unspecified atom stereocenters. The largest absolute Gasteiger partial charge is 0.316 e. The smallest absolute Gasteiger partial charge is 0.212 e. The summed E-state index contributed by atoms with van der Waals surface area (Å²) in [5.41, 5.74) is 0.628. The van der Waals surface area contributed by atoms with Gasteiger partial charge in [0.15, 0.2) is 0 Å². The maximum absolute atomic E-state index is 11.9. The minimum absolute atomic E-state index is 0.181. The van der Waals surface area contributed by atoms with Crippen LogP contribution in [0.2, 0.25) is 0 Å². The number of sulfonamides is 1. The van der Waals surface area contributed by atoms with Gasteiger partial charge in [-0.1, -0.05) is 0 Å². The van der Waals surface area contributed by atoms with E-state index in [1.54, 1.807) is 18.3 Å². The molecule has 1 atom stereocenters. The first-order chi connectivity index (χ1) is 8.66. The Morgan fingerprint density at radius 2 is 2.39 bits per heavy atom. The van der Waals surface area contributed by atoms with Crippen molar-refractivity contribution in [3.8, 4) is 0 Å². The van der Waals surface area contributed by atoms with E-state index in [1.807, 2.05) is 0 Å². The van der Waals surface area contributed by atoms with Crippen LogP contribution in [0.3, 0.4) is 0 Å². The summed E-state index contributed by atoms with van der Waals surface area (Å²) in [6, 6.07) is 3.49. The third-order valence-electron chi connectivity index (χ3n) is 2.95. The summed E-state index contributed by atoms with van der Waals surface area (Å²) in [5, 5.41) is 10.8. The molecule has 2 N–H and O–H groups in total. The number of piperidine rings is 1. The van der Waals surface area contributed by atoms with Crippen molar-refractivity contribution >= 4 is 10.0 Å². The Kier molecular flexibility index (Phi) is 4.62. The van der Waals surface area contributed by atoms with Crippen molar-refractivity contribution in [2.75, 3.05) is 18.8 Å². The van der Waals surface area contributed by atoms with Gasteiger partial charge in [-0.05, 0) is 44.0 Å². The van der Waals surface area contributed by atoms with Crippen LogP contribution >= 0.6 is 0 Å². The second-order valence-corrected chi connectivity index (χ2v) is 6.38. The molecule has 100 valence electrons. The molecule has 1 aromatic rings. The molecule has 1 fully saturated rings. The molecule has 0 amide bonds. The summed E-state index contributed by atoms with van der Waals surface area (Å²) in [6.45, 7) is 1.98. The topological polar surface area (TPSA) is 84.0 Å². The summed E-state index contributed by atoms with van der Waals surface area (Å²) in [7, 11) is -3.24. The molecule has 18 heavy (non-hydrogen) atoms. The normalized spacial score (nSPS) is 20.8. The highest BCUT2D eigenvalue weighted by Crippen LogP contribution is 2.11. The highest BCUT2D eigenvalue weighted by atomic mass is 32.2. The van der Waals surface area contributed by atoms with Crippen LogP contribution in [0.4, 0.5) is 0 Å². The van der Waals surface area contributed by atoms with Gasteiger partial charge in [-0.3, -0.25) is 0 Å². The van der Waals surface area contributed by atoms with Crippen molar-refractivity contribution in [1.29, 1.82) is 0 Å². The summed E-state index contributed by atoms with van der Waals surface area (Å²) in [6.07, 6.45) is 3.58. The summed E-state index contributed by atoms with van der Waals surface area (Å²) in [5.74, 6) is 0.387. The van der Waals surface area contributed by atoms with E-state index < -0.39 is 10.0 Å². The molecule has 6 nitrogen and oxygen atoms in total. The molecule has 1 saturated heterocycles. The van der Waals surface area contributed by atoms with Crippen LogP contribution < -0.4 is 10.0 Å². The standard InChI is InChI=1S/C11H18N4O2S/c16-18(17,9-10-3-1-5-12-7-10)14-8-11-4-2-6-13-15-11/h2,4,6,10,12,14H,1,3,5,7-9H2. The predicted octanol–water partition coefficient (Wildman–Crippen LogP) is -0.104. The van der Waals surface area contributed by atoms with Crippen molar-refractivity contribution in [2.24, 2.45) is 5.92 Å². The van der Waals surface area contributed by atoms with E-state index in [1.165, 1.54) is 0 Å². The molecule has 0 saturated carbocycles. The maximum Gasteiger partial charge on any atom is 0.212 e. The molecule has 0 aliphatic carbocycles. The van der Waals surface area contributed by atoms with Crippen molar-refractivity contribution in [2.45, 2.75) is 19.4 Å². The lowest BCUT2D eigenvalue weighted by Crippen LogP contribution is -2.37. The van der Waals surface area contributed by atoms with E-state index in [-0.39, 0.29) is 18.2 Å². The Hall–Kier alpha value is -1.05. The highest BCUT2D eigenvalue weighted by molar-refractivity contribution is 7.89. The van der Waals surface area contributed by atoms with Gasteiger partial charge >= 0.3 is 0 Å². The van der Waals surface area contributed by atoms with Gasteiger partial charge in [-0.25, -0.2) is 13.1 Å². The van der Waals surface area contributed by atoms with Gasteiger partial charge in [0.1, 0.15) is 0 Å². The number of aromatic nitrogens is 2. The SMILES string of the molecule is O=S(=O)(CC1CCCNC1)NCc1cccnn1. The Morgan fingerprint density at radius 3 is 3.06 bits per heavy atom. The van der Waals surface area contributed by atoms with Gasteiger partial charge in [-0.2, -0.15) is 10.2 Å². The summed E-state index contributed by atoms with van der Waals surface area (Å²) >= 11 is 0. The lowest BCUT2D eigenvalue weighted by molar-refractivity contribution is 0.402. The van der Waals surface area contributed by atoms with Crippen LogP contribution in [0.1, 0.15) is 18.5 Å². The molecule has 1 aliphatic heterocycles. The zero-order valence-corrected chi connectivity index (χ0v) is 11.0. The molecule has 1 aliphatic rings. The molecule has 7 heteroatoms. The number of rotatable bonds is 5. The van der Waals surface area contributed by atoms with E-state index in [0.717, 1.165) is 25.9 Å². The zero-order chi connectivity index (χ0) is 12.8. The van der Waals surface area contributed by atoms with Crippen LogP contribution in [0.5, 0.6) is 0 Å². The van der Waals surface area contributed by atoms with E-state index in [9.17, 15) is 8.42 Å². The molecule has 0 bridgehead atoms. The molecule has 2 heterocycles. The fourth-order valence-electron chi connectivity index (χ4n) is 2.05. The van der Waals surface area contributed by atoms with E-state index in [0.29, 0.717) is 5.69 Å². The Balaban J connectivity index is 1.83. The zero-order valence-electron chi connectivity index (χ0n) is 10.2. The quantitative estimate of drug-likeness (QED) is 0.780. The summed E-state index contributed by atoms with van der Waals surface area (Å²) < 4.78 is 26.3. The number of hydrogen-bond donors (Lipinski definition) is 2. The Bertz CT molecular complexity index is 457. The fraction of sp³-hybridized carbons (Fsp3) is 0.636. The predicted molar refractivity (Wildman–Crippen MR) is 68.3 cm³/mol. The maximum atomic E-state index is 11.9. The van der Waals surface area contributed by atoms with Gasteiger partial charge in [0.2, 0.25) is 10.0 Å². The van der Waals surface area contributed by atoms with Gasteiger partial charge in [0.05, 0.1) is 18.0 Å². The molecule has 0 spiro atoms. The van der Waals surface area contributed by atoms with Crippen molar-refractivity contribution < 1.29 is 8.42 Å². The van der Waals surface area contributed by atoms with Crippen LogP contribution in [-0.4, -0.2) is 37.5 Å². The lowest BCUT2D eigenvalue weighted by Gasteiger charge is -2.22. The molecular weight excluding hydrogens is 252 g/mol. The minimum atomic E-state index is -3.24. The van der Waals surface area contributed by atoms with Crippen LogP contribution in [0.25, 0.3) is 0 Å². The number of nitrogens with one attached hydrogen (secondary N) is 2.